The van der Waals surface area contributed by atoms with Crippen molar-refractivity contribution in [1.29, 1.82) is 0 Å². The Kier molecular flexibility index (Phi) is 3.74. The van der Waals surface area contributed by atoms with Crippen molar-refractivity contribution in [2.24, 2.45) is 0 Å². The quantitative estimate of drug-likeness (QED) is 0.746. The Labute approximate surface area is 118 Å². The molecule has 4 nitrogen and oxygen atoms in total. The molecule has 4 heteroatoms. The number of hydrogen-bond acceptors (Lipinski definition) is 3. The molecule has 0 saturated heterocycles. The molecule has 0 aliphatic rings. The molecule has 0 spiro atoms. The smallest absolute Gasteiger partial charge is 0.127 e. The van der Waals surface area contributed by atoms with Crippen LogP contribution in [0.2, 0.25) is 0 Å². The minimum atomic E-state index is 0.0450. The van der Waals surface area contributed by atoms with Crippen LogP contribution in [-0.4, -0.2) is 21.5 Å². The third kappa shape index (κ3) is 2.42. The van der Waals surface area contributed by atoms with E-state index in [9.17, 15) is 0 Å². The number of aromatic nitrogens is 3. The van der Waals surface area contributed by atoms with Gasteiger partial charge in [0.1, 0.15) is 5.82 Å². The van der Waals surface area contributed by atoms with Gasteiger partial charge < -0.3 is 10.3 Å². The van der Waals surface area contributed by atoms with Crippen LogP contribution in [0.4, 0.5) is 0 Å². The second-order valence-electron chi connectivity index (χ2n) is 4.81. The molecule has 20 heavy (non-hydrogen) atoms. The number of benzene rings is 1. The van der Waals surface area contributed by atoms with Crippen LogP contribution in [0.1, 0.15) is 30.8 Å². The highest BCUT2D eigenvalue weighted by atomic mass is 15.0. The van der Waals surface area contributed by atoms with E-state index in [-0.39, 0.29) is 6.04 Å². The van der Waals surface area contributed by atoms with Crippen LogP contribution < -0.4 is 5.32 Å². The molecular weight excluding hydrogens is 248 g/mol. The first-order valence-corrected chi connectivity index (χ1v) is 6.95. The van der Waals surface area contributed by atoms with E-state index in [1.54, 1.807) is 6.20 Å². The molecule has 102 valence electrons. The summed E-state index contributed by atoms with van der Waals surface area (Å²) in [7, 11) is 0. The van der Waals surface area contributed by atoms with Gasteiger partial charge in [0.15, 0.2) is 0 Å². The van der Waals surface area contributed by atoms with E-state index in [1.807, 2.05) is 24.7 Å². The Morgan fingerprint density at radius 3 is 2.95 bits per heavy atom. The van der Waals surface area contributed by atoms with Crippen molar-refractivity contribution in [3.05, 3.63) is 60.4 Å². The first-order valence-electron chi connectivity index (χ1n) is 6.95. The van der Waals surface area contributed by atoms with Gasteiger partial charge in [-0.2, -0.15) is 0 Å². The van der Waals surface area contributed by atoms with Crippen molar-refractivity contribution in [3.8, 4) is 0 Å². The zero-order chi connectivity index (χ0) is 13.8. The second kappa shape index (κ2) is 5.84. The maximum atomic E-state index is 4.41. The molecule has 3 aromatic rings. The van der Waals surface area contributed by atoms with Crippen LogP contribution in [0.3, 0.4) is 0 Å². The molecule has 2 aromatic heterocycles. The van der Waals surface area contributed by atoms with Gasteiger partial charge in [-0.3, -0.25) is 4.98 Å². The SMILES string of the molecule is CCCNC(c1ncc[nH]1)c1cncc2ccccc12. The molecule has 2 heterocycles. The summed E-state index contributed by atoms with van der Waals surface area (Å²) in [6, 6.07) is 8.37. The molecule has 0 saturated carbocycles. The fourth-order valence-corrected chi connectivity index (χ4v) is 2.45. The third-order valence-electron chi connectivity index (χ3n) is 3.40. The summed E-state index contributed by atoms with van der Waals surface area (Å²) < 4.78 is 0. The lowest BCUT2D eigenvalue weighted by Crippen LogP contribution is -2.24. The van der Waals surface area contributed by atoms with Gasteiger partial charge in [0, 0.05) is 35.7 Å². The highest BCUT2D eigenvalue weighted by Gasteiger charge is 2.18. The minimum Gasteiger partial charge on any atom is -0.347 e. The van der Waals surface area contributed by atoms with E-state index in [2.05, 4.69) is 45.4 Å². The Morgan fingerprint density at radius 1 is 1.25 bits per heavy atom. The van der Waals surface area contributed by atoms with Crippen LogP contribution in [-0.2, 0) is 0 Å². The lowest BCUT2D eigenvalue weighted by Gasteiger charge is -2.18. The molecule has 0 radical (unpaired) electrons. The van der Waals surface area contributed by atoms with Crippen LogP contribution in [0.5, 0.6) is 0 Å². The summed E-state index contributed by atoms with van der Waals surface area (Å²) in [4.78, 5) is 12.0. The lowest BCUT2D eigenvalue weighted by molar-refractivity contribution is 0.578. The number of nitrogens with one attached hydrogen (secondary N) is 2. The number of fused-ring (bicyclic) bond motifs is 1. The molecule has 1 atom stereocenters. The van der Waals surface area contributed by atoms with E-state index < -0.39 is 0 Å². The van der Waals surface area contributed by atoms with Gasteiger partial charge in [-0.1, -0.05) is 31.2 Å². The van der Waals surface area contributed by atoms with E-state index in [4.69, 9.17) is 0 Å². The summed E-state index contributed by atoms with van der Waals surface area (Å²) in [5.41, 5.74) is 1.16. The van der Waals surface area contributed by atoms with E-state index in [0.29, 0.717) is 0 Å². The summed E-state index contributed by atoms with van der Waals surface area (Å²) in [5, 5.41) is 5.91. The fraction of sp³-hybridized carbons (Fsp3) is 0.250. The molecule has 0 bridgehead atoms. The first kappa shape index (κ1) is 12.8. The van der Waals surface area contributed by atoms with Gasteiger partial charge in [-0.25, -0.2) is 4.98 Å². The molecule has 1 unspecified atom stereocenters. The number of hydrogen-bond donors (Lipinski definition) is 2. The molecule has 1 aromatic carbocycles. The summed E-state index contributed by atoms with van der Waals surface area (Å²) in [5.74, 6) is 0.927. The molecular formula is C16H18N4. The third-order valence-corrected chi connectivity index (χ3v) is 3.40. The van der Waals surface area contributed by atoms with Gasteiger partial charge in [0.05, 0.1) is 6.04 Å². The van der Waals surface area contributed by atoms with Crippen molar-refractivity contribution in [2.45, 2.75) is 19.4 Å². The zero-order valence-corrected chi connectivity index (χ0v) is 11.5. The van der Waals surface area contributed by atoms with Gasteiger partial charge in [0.25, 0.3) is 0 Å². The number of pyridine rings is 1. The van der Waals surface area contributed by atoms with Crippen molar-refractivity contribution in [2.75, 3.05) is 6.54 Å². The molecule has 0 amide bonds. The van der Waals surface area contributed by atoms with Crippen molar-refractivity contribution in [1.82, 2.24) is 20.3 Å². The Hall–Kier alpha value is -2.20. The van der Waals surface area contributed by atoms with Gasteiger partial charge in [0.2, 0.25) is 0 Å². The van der Waals surface area contributed by atoms with E-state index in [0.717, 1.165) is 29.7 Å². The normalized spacial score (nSPS) is 12.7. The number of nitrogens with zero attached hydrogens (tertiary/aromatic N) is 2. The molecule has 3 rings (SSSR count). The summed E-state index contributed by atoms with van der Waals surface area (Å²) in [6.45, 7) is 3.10. The lowest BCUT2D eigenvalue weighted by atomic mass is 10.0. The molecule has 0 aliphatic heterocycles. The van der Waals surface area contributed by atoms with Crippen LogP contribution in [0.25, 0.3) is 10.8 Å². The predicted octanol–water partition coefficient (Wildman–Crippen LogP) is 3.05. The van der Waals surface area contributed by atoms with Crippen LogP contribution in [0, 0.1) is 0 Å². The Morgan fingerprint density at radius 2 is 2.15 bits per heavy atom. The van der Waals surface area contributed by atoms with E-state index >= 15 is 0 Å². The summed E-state index contributed by atoms with van der Waals surface area (Å²) in [6.07, 6.45) is 8.55. The highest BCUT2D eigenvalue weighted by molar-refractivity contribution is 5.85. The van der Waals surface area contributed by atoms with Crippen molar-refractivity contribution < 1.29 is 0 Å². The maximum absolute atomic E-state index is 4.41. The molecule has 0 aliphatic carbocycles. The maximum Gasteiger partial charge on any atom is 0.127 e. The number of imidazole rings is 1. The van der Waals surface area contributed by atoms with Crippen LogP contribution in [0.15, 0.2) is 49.1 Å². The monoisotopic (exact) mass is 266 g/mol. The van der Waals surface area contributed by atoms with Crippen molar-refractivity contribution in [3.63, 3.8) is 0 Å². The average molecular weight is 266 g/mol. The number of rotatable bonds is 5. The second-order valence-corrected chi connectivity index (χ2v) is 4.81. The largest absolute Gasteiger partial charge is 0.347 e. The Balaban J connectivity index is 2.09. The first-order chi connectivity index (χ1) is 9.90. The highest BCUT2D eigenvalue weighted by Crippen LogP contribution is 2.26. The van der Waals surface area contributed by atoms with Crippen molar-refractivity contribution >= 4 is 10.8 Å². The average Bonchev–Trinajstić information content (AvgIpc) is 3.02. The van der Waals surface area contributed by atoms with Gasteiger partial charge >= 0.3 is 0 Å². The standard InChI is InChI=1S/C16H18N4/c1-2-7-18-15(16-19-8-9-20-16)14-11-17-10-12-5-3-4-6-13(12)14/h3-6,8-11,15,18H,2,7H2,1H3,(H,19,20). The molecule has 2 N–H and O–H groups in total. The Bertz CT molecular complexity index is 671. The zero-order valence-electron chi connectivity index (χ0n) is 11.5. The topological polar surface area (TPSA) is 53.6 Å². The molecule has 0 fully saturated rings. The van der Waals surface area contributed by atoms with Gasteiger partial charge in [-0.05, 0) is 18.4 Å². The number of H-pyrrole nitrogens is 1. The van der Waals surface area contributed by atoms with Gasteiger partial charge in [-0.15, -0.1) is 0 Å². The van der Waals surface area contributed by atoms with E-state index in [1.165, 1.54) is 5.39 Å². The van der Waals surface area contributed by atoms with Crippen LogP contribution >= 0.6 is 0 Å². The number of aromatic amines is 1. The minimum absolute atomic E-state index is 0.0450. The summed E-state index contributed by atoms with van der Waals surface area (Å²) >= 11 is 0. The fourth-order valence-electron chi connectivity index (χ4n) is 2.45. The predicted molar refractivity (Wildman–Crippen MR) is 80.5 cm³/mol.